The van der Waals surface area contributed by atoms with Crippen LogP contribution < -0.4 is 11.3 Å². The lowest BCUT2D eigenvalue weighted by molar-refractivity contribution is 0.788. The second kappa shape index (κ2) is 4.55. The van der Waals surface area contributed by atoms with Gasteiger partial charge in [0.1, 0.15) is 11.3 Å². The Kier molecular flexibility index (Phi) is 3.14. The summed E-state index contributed by atoms with van der Waals surface area (Å²) in [7, 11) is 1.90. The molecule has 0 aliphatic heterocycles. The number of aryl methyl sites for hydroxylation is 1. The molecule has 3 N–H and O–H groups in total. The molecule has 2 aromatic rings. The van der Waals surface area contributed by atoms with E-state index in [1.165, 1.54) is 11.3 Å². The molecule has 0 fully saturated rings. The highest BCUT2D eigenvalue weighted by Crippen LogP contribution is 2.23. The van der Waals surface area contributed by atoms with Crippen molar-refractivity contribution in [3.05, 3.63) is 11.3 Å². The third-order valence-electron chi connectivity index (χ3n) is 1.58. The van der Waals surface area contributed by atoms with Crippen molar-refractivity contribution in [2.45, 2.75) is 10.9 Å². The zero-order valence-electron chi connectivity index (χ0n) is 7.91. The number of hydrazine groups is 1. The first-order valence-electron chi connectivity index (χ1n) is 4.05. The van der Waals surface area contributed by atoms with E-state index in [9.17, 15) is 0 Å². The van der Waals surface area contributed by atoms with E-state index in [1.807, 2.05) is 11.6 Å². The van der Waals surface area contributed by atoms with Crippen LogP contribution in [0.1, 0.15) is 5.01 Å². The van der Waals surface area contributed by atoms with Crippen molar-refractivity contribution in [3.8, 4) is 0 Å². The lowest BCUT2D eigenvalue weighted by Crippen LogP contribution is -2.05. The fraction of sp³-hybridized carbons (Fsp3) is 0.333. The minimum atomic E-state index is 0.614. The van der Waals surface area contributed by atoms with Crippen molar-refractivity contribution in [1.29, 1.82) is 0 Å². The van der Waals surface area contributed by atoms with Crippen molar-refractivity contribution >= 4 is 28.2 Å². The third-order valence-corrected chi connectivity index (χ3v) is 3.67. The summed E-state index contributed by atoms with van der Waals surface area (Å²) < 4.78 is 1.85. The molecule has 0 saturated carbocycles. The molecule has 80 valence electrons. The first-order valence-corrected chi connectivity index (χ1v) is 5.85. The molecule has 2 aromatic heterocycles. The van der Waals surface area contributed by atoms with E-state index in [0.717, 1.165) is 10.2 Å². The first kappa shape index (κ1) is 10.3. The normalized spacial score (nSPS) is 10.5. The van der Waals surface area contributed by atoms with Gasteiger partial charge in [0, 0.05) is 7.05 Å². The number of nitrogens with one attached hydrogen (secondary N) is 1. The number of aromatic nitrogens is 5. The quantitative estimate of drug-likeness (QED) is 0.451. The Bertz CT molecular complexity index is 436. The molecule has 9 heteroatoms. The molecule has 0 aliphatic rings. The van der Waals surface area contributed by atoms with Gasteiger partial charge in [-0.3, -0.25) is 5.43 Å². The fourth-order valence-corrected chi connectivity index (χ4v) is 2.42. The number of nitrogens with zero attached hydrogens (tertiary/aromatic N) is 5. The highest BCUT2D eigenvalue weighted by Gasteiger charge is 2.06. The SMILES string of the molecule is Cn1cnnc1SCc1nnc(NN)s1. The molecule has 0 amide bonds. The first-order chi connectivity index (χ1) is 7.29. The number of hydrogen-bond donors (Lipinski definition) is 2. The third kappa shape index (κ3) is 2.43. The molecule has 7 nitrogen and oxygen atoms in total. The summed E-state index contributed by atoms with van der Waals surface area (Å²) in [6.45, 7) is 0. The van der Waals surface area contributed by atoms with Gasteiger partial charge < -0.3 is 4.57 Å². The molecular formula is C6H9N7S2. The maximum Gasteiger partial charge on any atom is 0.219 e. The minimum absolute atomic E-state index is 0.614. The second-order valence-corrected chi connectivity index (χ2v) is 4.66. The van der Waals surface area contributed by atoms with Crippen LogP contribution in [0.2, 0.25) is 0 Å². The number of hydrogen-bond acceptors (Lipinski definition) is 8. The summed E-state index contributed by atoms with van der Waals surface area (Å²) in [5.74, 6) is 5.92. The molecular weight excluding hydrogens is 234 g/mol. The fourth-order valence-electron chi connectivity index (χ4n) is 0.900. The molecule has 0 unspecified atom stereocenters. The number of anilines is 1. The predicted molar refractivity (Wildman–Crippen MR) is 58.3 cm³/mol. The monoisotopic (exact) mass is 243 g/mol. The maximum atomic E-state index is 5.20. The summed E-state index contributed by atoms with van der Waals surface area (Å²) in [4.78, 5) is 0. The van der Waals surface area contributed by atoms with E-state index in [1.54, 1.807) is 18.1 Å². The molecule has 0 aromatic carbocycles. The number of thioether (sulfide) groups is 1. The Hall–Kier alpha value is -1.19. The molecule has 0 radical (unpaired) electrons. The van der Waals surface area contributed by atoms with Crippen LogP contribution >= 0.6 is 23.1 Å². The standard InChI is InChI=1S/C6H9N7S2/c1-13-3-8-12-6(13)14-2-4-10-11-5(9-7)15-4/h3H,2,7H2,1H3,(H,9,11). The van der Waals surface area contributed by atoms with Crippen molar-refractivity contribution < 1.29 is 0 Å². The average Bonchev–Trinajstić information content (AvgIpc) is 2.84. The van der Waals surface area contributed by atoms with Crippen LogP contribution in [0.3, 0.4) is 0 Å². The zero-order valence-corrected chi connectivity index (χ0v) is 9.55. The van der Waals surface area contributed by atoms with Crippen molar-refractivity contribution in [2.75, 3.05) is 5.43 Å². The van der Waals surface area contributed by atoms with E-state index in [-0.39, 0.29) is 0 Å². The Morgan fingerprint density at radius 2 is 2.40 bits per heavy atom. The lowest BCUT2D eigenvalue weighted by Gasteiger charge is -1.95. The molecule has 15 heavy (non-hydrogen) atoms. The van der Waals surface area contributed by atoms with Crippen LogP contribution in [0, 0.1) is 0 Å². The molecule has 2 heterocycles. The van der Waals surface area contributed by atoms with Crippen LogP contribution in [0.25, 0.3) is 0 Å². The van der Waals surface area contributed by atoms with E-state index in [4.69, 9.17) is 5.84 Å². The van der Waals surface area contributed by atoms with Crippen molar-refractivity contribution in [2.24, 2.45) is 12.9 Å². The van der Waals surface area contributed by atoms with Gasteiger partial charge in [0.2, 0.25) is 5.13 Å². The summed E-state index contributed by atoms with van der Waals surface area (Å²) in [6.07, 6.45) is 1.66. The Morgan fingerprint density at radius 3 is 3.00 bits per heavy atom. The molecule has 0 spiro atoms. The van der Waals surface area contributed by atoms with Crippen molar-refractivity contribution in [1.82, 2.24) is 25.0 Å². The van der Waals surface area contributed by atoms with Crippen LogP contribution in [0.15, 0.2) is 11.5 Å². The smallest absolute Gasteiger partial charge is 0.219 e. The second-order valence-electron chi connectivity index (χ2n) is 2.66. The van der Waals surface area contributed by atoms with E-state index < -0.39 is 0 Å². The van der Waals surface area contributed by atoms with Gasteiger partial charge >= 0.3 is 0 Å². The Morgan fingerprint density at radius 1 is 1.53 bits per heavy atom. The highest BCUT2D eigenvalue weighted by molar-refractivity contribution is 7.98. The van der Waals surface area contributed by atoms with Crippen LogP contribution in [0.5, 0.6) is 0 Å². The molecule has 0 bridgehead atoms. The summed E-state index contributed by atoms with van der Waals surface area (Å²) >= 11 is 2.98. The van der Waals surface area contributed by atoms with E-state index >= 15 is 0 Å². The van der Waals surface area contributed by atoms with Gasteiger partial charge in [-0.15, -0.1) is 20.4 Å². The minimum Gasteiger partial charge on any atom is -0.312 e. The largest absolute Gasteiger partial charge is 0.312 e. The van der Waals surface area contributed by atoms with Gasteiger partial charge in [0.25, 0.3) is 0 Å². The molecule has 2 rings (SSSR count). The highest BCUT2D eigenvalue weighted by atomic mass is 32.2. The topological polar surface area (TPSA) is 94.5 Å². The summed E-state index contributed by atoms with van der Waals surface area (Å²) in [5.41, 5.74) is 2.45. The van der Waals surface area contributed by atoms with Gasteiger partial charge in [-0.25, -0.2) is 5.84 Å². The van der Waals surface area contributed by atoms with Gasteiger partial charge in [-0.1, -0.05) is 23.1 Å². The summed E-state index contributed by atoms with van der Waals surface area (Å²) in [5, 5.41) is 17.9. The number of nitrogens with two attached hydrogens (primary N) is 1. The van der Waals surface area contributed by atoms with Gasteiger partial charge in [0.05, 0.1) is 5.75 Å². The van der Waals surface area contributed by atoms with E-state index in [0.29, 0.717) is 10.9 Å². The Labute approximate surface area is 94.1 Å². The Balaban J connectivity index is 1.96. The van der Waals surface area contributed by atoms with Crippen LogP contribution in [-0.4, -0.2) is 25.0 Å². The average molecular weight is 243 g/mol. The number of nitrogen functional groups attached to an aromatic ring is 1. The van der Waals surface area contributed by atoms with Gasteiger partial charge in [-0.05, 0) is 0 Å². The zero-order chi connectivity index (χ0) is 10.7. The van der Waals surface area contributed by atoms with Crippen molar-refractivity contribution in [3.63, 3.8) is 0 Å². The van der Waals surface area contributed by atoms with Gasteiger partial charge in [0.15, 0.2) is 5.16 Å². The number of rotatable bonds is 4. The van der Waals surface area contributed by atoms with E-state index in [2.05, 4.69) is 25.8 Å². The van der Waals surface area contributed by atoms with Crippen LogP contribution in [-0.2, 0) is 12.8 Å². The lowest BCUT2D eigenvalue weighted by atomic mass is 10.9. The maximum absolute atomic E-state index is 5.20. The van der Waals surface area contributed by atoms with Gasteiger partial charge in [-0.2, -0.15) is 0 Å². The molecule has 0 atom stereocenters. The predicted octanol–water partition coefficient (Wildman–Crippen LogP) is 0.244. The molecule has 0 aliphatic carbocycles. The van der Waals surface area contributed by atoms with Crippen LogP contribution in [0.4, 0.5) is 5.13 Å². The summed E-state index contributed by atoms with van der Waals surface area (Å²) in [6, 6.07) is 0. The molecule has 0 saturated heterocycles.